The van der Waals surface area contributed by atoms with Gasteiger partial charge in [-0.05, 0) is 53.3 Å². The molecule has 6 heteroatoms. The van der Waals surface area contributed by atoms with Crippen LogP contribution in [0.25, 0.3) is 5.76 Å². The molecular formula is C26H26N2O4. The maximum atomic E-state index is 13.2. The number of Topliss-reactive ketones (excluding diaryl/α,β-unsaturated/α-hetero) is 1. The lowest BCUT2D eigenvalue weighted by molar-refractivity contribution is -0.140. The van der Waals surface area contributed by atoms with Crippen LogP contribution in [0.2, 0.25) is 0 Å². The summed E-state index contributed by atoms with van der Waals surface area (Å²) in [5.41, 5.74) is 2.94. The van der Waals surface area contributed by atoms with Crippen LogP contribution < -0.4 is 0 Å². The smallest absolute Gasteiger partial charge is 0.296 e. The fourth-order valence-corrected chi connectivity index (χ4v) is 3.99. The minimum absolute atomic E-state index is 0.0590. The first-order valence-corrected chi connectivity index (χ1v) is 10.5. The predicted molar refractivity (Wildman–Crippen MR) is 121 cm³/mol. The number of aryl methyl sites for hydroxylation is 1. The standard InChI is InChI=1S/C26H26N2O4/c1-16-9-10-18(26(2,3)4)13-20(16)23(29)21-22(17-7-5-11-27-14-17)28(25(31)24(21)30)15-19-8-6-12-32-19/h5-14,22,29H,15H2,1-4H3/b23-21+. The highest BCUT2D eigenvalue weighted by Crippen LogP contribution is 2.41. The van der Waals surface area contributed by atoms with Gasteiger partial charge in [0.1, 0.15) is 11.5 Å². The van der Waals surface area contributed by atoms with E-state index in [2.05, 4.69) is 25.8 Å². The van der Waals surface area contributed by atoms with E-state index in [1.807, 2.05) is 25.1 Å². The molecule has 0 radical (unpaired) electrons. The minimum Gasteiger partial charge on any atom is -0.507 e. The summed E-state index contributed by atoms with van der Waals surface area (Å²) in [5, 5.41) is 11.4. The zero-order chi connectivity index (χ0) is 23.0. The molecule has 6 nitrogen and oxygen atoms in total. The van der Waals surface area contributed by atoms with Gasteiger partial charge in [0.25, 0.3) is 11.7 Å². The van der Waals surface area contributed by atoms with Gasteiger partial charge in [-0.3, -0.25) is 14.6 Å². The number of benzene rings is 1. The maximum absolute atomic E-state index is 13.2. The molecule has 0 spiro atoms. The van der Waals surface area contributed by atoms with Crippen molar-refractivity contribution in [2.45, 2.75) is 45.7 Å². The van der Waals surface area contributed by atoms with Gasteiger partial charge in [-0.25, -0.2) is 0 Å². The molecule has 1 fully saturated rings. The Hall–Kier alpha value is -3.67. The Morgan fingerprint density at radius 2 is 1.94 bits per heavy atom. The van der Waals surface area contributed by atoms with E-state index in [0.717, 1.165) is 11.1 Å². The van der Waals surface area contributed by atoms with Crippen LogP contribution in [0.4, 0.5) is 0 Å². The van der Waals surface area contributed by atoms with Gasteiger partial charge in [0.15, 0.2) is 0 Å². The molecule has 164 valence electrons. The first-order valence-electron chi connectivity index (χ1n) is 10.5. The van der Waals surface area contributed by atoms with Crippen molar-refractivity contribution < 1.29 is 19.1 Å². The molecule has 32 heavy (non-hydrogen) atoms. The van der Waals surface area contributed by atoms with Gasteiger partial charge in [0.05, 0.1) is 24.4 Å². The second-order valence-corrected chi connectivity index (χ2v) is 9.07. The number of amides is 1. The number of likely N-dealkylation sites (tertiary alicyclic amines) is 1. The van der Waals surface area contributed by atoms with Crippen molar-refractivity contribution in [1.82, 2.24) is 9.88 Å². The van der Waals surface area contributed by atoms with E-state index in [9.17, 15) is 14.7 Å². The Labute approximate surface area is 187 Å². The monoisotopic (exact) mass is 430 g/mol. The maximum Gasteiger partial charge on any atom is 0.296 e. The topological polar surface area (TPSA) is 83.6 Å². The van der Waals surface area contributed by atoms with Crippen LogP contribution in [0.1, 0.15) is 54.8 Å². The molecule has 2 aromatic heterocycles. The predicted octanol–water partition coefficient (Wildman–Crippen LogP) is 4.90. The van der Waals surface area contributed by atoms with E-state index in [0.29, 0.717) is 16.9 Å². The molecule has 0 saturated carbocycles. The number of carbonyl (C=O) groups excluding carboxylic acids is 2. The number of carbonyl (C=O) groups is 2. The van der Waals surface area contributed by atoms with E-state index in [-0.39, 0.29) is 23.3 Å². The average molecular weight is 431 g/mol. The van der Waals surface area contributed by atoms with Crippen LogP contribution in [-0.4, -0.2) is 26.7 Å². The number of aliphatic hydroxyl groups is 1. The van der Waals surface area contributed by atoms with Crippen LogP contribution in [-0.2, 0) is 21.5 Å². The minimum atomic E-state index is -0.772. The Balaban J connectivity index is 1.90. The van der Waals surface area contributed by atoms with Crippen molar-refractivity contribution in [2.24, 2.45) is 0 Å². The zero-order valence-corrected chi connectivity index (χ0v) is 18.6. The first-order chi connectivity index (χ1) is 15.2. The third kappa shape index (κ3) is 3.84. The Morgan fingerprint density at radius 1 is 1.16 bits per heavy atom. The Kier molecular flexibility index (Phi) is 5.46. The number of hydrogen-bond donors (Lipinski definition) is 1. The molecule has 1 N–H and O–H groups in total. The summed E-state index contributed by atoms with van der Waals surface area (Å²) < 4.78 is 5.42. The van der Waals surface area contributed by atoms with Gasteiger partial charge in [-0.15, -0.1) is 0 Å². The van der Waals surface area contributed by atoms with Crippen LogP contribution in [0.15, 0.2) is 71.1 Å². The summed E-state index contributed by atoms with van der Waals surface area (Å²) in [6.07, 6.45) is 4.75. The zero-order valence-electron chi connectivity index (χ0n) is 18.6. The summed E-state index contributed by atoms with van der Waals surface area (Å²) >= 11 is 0. The number of aliphatic hydroxyl groups excluding tert-OH is 1. The number of nitrogens with zero attached hydrogens (tertiary/aromatic N) is 2. The van der Waals surface area contributed by atoms with Gasteiger partial charge in [-0.2, -0.15) is 0 Å². The summed E-state index contributed by atoms with van der Waals surface area (Å²) in [4.78, 5) is 31.8. The molecule has 1 atom stereocenters. The third-order valence-electron chi connectivity index (χ3n) is 5.81. The summed E-state index contributed by atoms with van der Waals surface area (Å²) in [5.74, 6) is -1.03. The van der Waals surface area contributed by atoms with Gasteiger partial charge < -0.3 is 14.4 Å². The molecular weight excluding hydrogens is 404 g/mol. The molecule has 3 heterocycles. The van der Waals surface area contributed by atoms with Crippen LogP contribution in [0.5, 0.6) is 0 Å². The van der Waals surface area contributed by atoms with Crippen molar-refractivity contribution in [3.05, 3.63) is 94.7 Å². The fourth-order valence-electron chi connectivity index (χ4n) is 3.99. The normalized spacial score (nSPS) is 18.4. The fraction of sp³-hybridized carbons (Fsp3) is 0.269. The van der Waals surface area contributed by atoms with Crippen LogP contribution >= 0.6 is 0 Å². The molecule has 3 aromatic rings. The van der Waals surface area contributed by atoms with E-state index in [1.54, 1.807) is 36.7 Å². The van der Waals surface area contributed by atoms with Gasteiger partial charge in [-0.1, -0.05) is 39.0 Å². The SMILES string of the molecule is Cc1ccc(C(C)(C)C)cc1/C(O)=C1\C(=O)C(=O)N(Cc2ccco2)C1c1cccnc1. The van der Waals surface area contributed by atoms with E-state index < -0.39 is 17.7 Å². The highest BCUT2D eigenvalue weighted by molar-refractivity contribution is 6.46. The first kappa shape index (κ1) is 21.6. The van der Waals surface area contributed by atoms with Crippen LogP contribution in [0, 0.1) is 6.92 Å². The number of ketones is 1. The van der Waals surface area contributed by atoms with Crippen molar-refractivity contribution >= 4 is 17.4 Å². The number of hydrogen-bond acceptors (Lipinski definition) is 5. The third-order valence-corrected chi connectivity index (χ3v) is 5.81. The second kappa shape index (κ2) is 8.11. The number of aromatic nitrogens is 1. The molecule has 1 aliphatic heterocycles. The quantitative estimate of drug-likeness (QED) is 0.361. The lowest BCUT2D eigenvalue weighted by atomic mass is 9.84. The largest absolute Gasteiger partial charge is 0.507 e. The Bertz CT molecular complexity index is 1190. The number of pyridine rings is 1. The molecule has 1 aromatic carbocycles. The van der Waals surface area contributed by atoms with Gasteiger partial charge in [0, 0.05) is 18.0 Å². The number of furan rings is 1. The molecule has 1 saturated heterocycles. The summed E-state index contributed by atoms with van der Waals surface area (Å²) in [7, 11) is 0. The highest BCUT2D eigenvalue weighted by atomic mass is 16.3. The second-order valence-electron chi connectivity index (χ2n) is 9.07. The van der Waals surface area contributed by atoms with Gasteiger partial charge >= 0.3 is 0 Å². The molecule has 1 amide bonds. The molecule has 4 rings (SSSR count). The average Bonchev–Trinajstić information content (AvgIpc) is 3.36. The molecule has 1 aliphatic rings. The van der Waals surface area contributed by atoms with E-state index in [4.69, 9.17) is 4.42 Å². The summed E-state index contributed by atoms with van der Waals surface area (Å²) in [6, 6.07) is 12.1. The summed E-state index contributed by atoms with van der Waals surface area (Å²) in [6.45, 7) is 8.23. The Morgan fingerprint density at radius 3 is 2.56 bits per heavy atom. The number of rotatable bonds is 4. The van der Waals surface area contributed by atoms with E-state index in [1.165, 1.54) is 11.2 Å². The van der Waals surface area contributed by atoms with Crippen molar-refractivity contribution in [3.63, 3.8) is 0 Å². The lowest BCUT2D eigenvalue weighted by Gasteiger charge is -2.25. The molecule has 0 bridgehead atoms. The van der Waals surface area contributed by atoms with Crippen molar-refractivity contribution in [1.29, 1.82) is 0 Å². The van der Waals surface area contributed by atoms with E-state index >= 15 is 0 Å². The highest BCUT2D eigenvalue weighted by Gasteiger charge is 2.46. The van der Waals surface area contributed by atoms with Gasteiger partial charge in [0.2, 0.25) is 0 Å². The van der Waals surface area contributed by atoms with Crippen molar-refractivity contribution in [3.8, 4) is 0 Å². The lowest BCUT2D eigenvalue weighted by Crippen LogP contribution is -2.29. The van der Waals surface area contributed by atoms with Crippen molar-refractivity contribution in [2.75, 3.05) is 0 Å². The molecule has 1 unspecified atom stereocenters. The molecule has 0 aliphatic carbocycles. The van der Waals surface area contributed by atoms with Crippen LogP contribution in [0.3, 0.4) is 0 Å².